The standard InChI is InChI=1S/C15H21N3/c1-13-8-10-17-15(7-9-16)12-18(13)11-14-5-3-2-4-6-14/h2-6,13,15,17H,7-8,10-12H2,1H3. The fourth-order valence-corrected chi connectivity index (χ4v) is 2.49. The summed E-state index contributed by atoms with van der Waals surface area (Å²) in [5.74, 6) is 0. The lowest BCUT2D eigenvalue weighted by Crippen LogP contribution is -2.39. The van der Waals surface area contributed by atoms with Crippen LogP contribution in [-0.2, 0) is 6.54 Å². The summed E-state index contributed by atoms with van der Waals surface area (Å²) < 4.78 is 0. The lowest BCUT2D eigenvalue weighted by molar-refractivity contribution is 0.196. The highest BCUT2D eigenvalue weighted by atomic mass is 15.2. The third kappa shape index (κ3) is 3.56. The minimum atomic E-state index is 0.309. The van der Waals surface area contributed by atoms with Crippen LogP contribution >= 0.6 is 0 Å². The molecule has 2 unspecified atom stereocenters. The van der Waals surface area contributed by atoms with Gasteiger partial charge in [-0.2, -0.15) is 5.26 Å². The number of nitriles is 1. The van der Waals surface area contributed by atoms with E-state index in [1.165, 1.54) is 5.56 Å². The summed E-state index contributed by atoms with van der Waals surface area (Å²) in [6.45, 7) is 5.23. The molecule has 2 rings (SSSR count). The lowest BCUT2D eigenvalue weighted by atomic mass is 10.1. The van der Waals surface area contributed by atoms with E-state index in [-0.39, 0.29) is 0 Å². The van der Waals surface area contributed by atoms with E-state index in [9.17, 15) is 0 Å². The number of benzene rings is 1. The average Bonchev–Trinajstić information content (AvgIpc) is 2.54. The molecule has 1 aliphatic rings. The van der Waals surface area contributed by atoms with Crippen LogP contribution in [-0.4, -0.2) is 30.1 Å². The Hall–Kier alpha value is -1.37. The molecule has 2 atom stereocenters. The van der Waals surface area contributed by atoms with Gasteiger partial charge in [0.2, 0.25) is 0 Å². The molecule has 0 saturated carbocycles. The first kappa shape index (κ1) is 13.1. The zero-order chi connectivity index (χ0) is 12.8. The van der Waals surface area contributed by atoms with Crippen molar-refractivity contribution in [2.45, 2.75) is 38.4 Å². The highest BCUT2D eigenvalue weighted by molar-refractivity contribution is 5.14. The molecule has 0 amide bonds. The minimum absolute atomic E-state index is 0.309. The normalized spacial score (nSPS) is 25.3. The van der Waals surface area contributed by atoms with Crippen molar-refractivity contribution in [2.75, 3.05) is 13.1 Å². The predicted molar refractivity (Wildman–Crippen MR) is 73.0 cm³/mol. The van der Waals surface area contributed by atoms with Gasteiger partial charge < -0.3 is 5.32 Å². The van der Waals surface area contributed by atoms with Gasteiger partial charge in [-0.05, 0) is 25.5 Å². The van der Waals surface area contributed by atoms with Crippen molar-refractivity contribution in [2.24, 2.45) is 0 Å². The fourth-order valence-electron chi connectivity index (χ4n) is 2.49. The number of nitrogens with one attached hydrogen (secondary N) is 1. The third-order valence-corrected chi connectivity index (χ3v) is 3.64. The van der Waals surface area contributed by atoms with Crippen molar-refractivity contribution in [1.82, 2.24) is 10.2 Å². The zero-order valence-electron chi connectivity index (χ0n) is 11.0. The Morgan fingerprint density at radius 3 is 2.89 bits per heavy atom. The second-order valence-electron chi connectivity index (χ2n) is 5.07. The highest BCUT2D eigenvalue weighted by Gasteiger charge is 2.22. The first-order chi connectivity index (χ1) is 8.79. The van der Waals surface area contributed by atoms with Crippen molar-refractivity contribution in [1.29, 1.82) is 5.26 Å². The maximum atomic E-state index is 8.84. The van der Waals surface area contributed by atoms with E-state index >= 15 is 0 Å². The molecule has 0 aromatic heterocycles. The SMILES string of the molecule is CC1CCNC(CC#N)CN1Cc1ccccc1. The Morgan fingerprint density at radius 1 is 1.39 bits per heavy atom. The molecule has 3 heteroatoms. The van der Waals surface area contributed by atoms with Gasteiger partial charge >= 0.3 is 0 Å². The van der Waals surface area contributed by atoms with Crippen LogP contribution in [0, 0.1) is 11.3 Å². The Kier molecular flexibility index (Phi) is 4.74. The zero-order valence-corrected chi connectivity index (χ0v) is 11.0. The third-order valence-electron chi connectivity index (χ3n) is 3.64. The average molecular weight is 243 g/mol. The Balaban J connectivity index is 2.01. The fraction of sp³-hybridized carbons (Fsp3) is 0.533. The van der Waals surface area contributed by atoms with Crippen LogP contribution in [0.15, 0.2) is 30.3 Å². The summed E-state index contributed by atoms with van der Waals surface area (Å²) in [7, 11) is 0. The number of nitrogens with zero attached hydrogens (tertiary/aromatic N) is 2. The Bertz CT molecular complexity index is 396. The number of hydrogen-bond acceptors (Lipinski definition) is 3. The Labute approximate surface area is 109 Å². The first-order valence-electron chi connectivity index (χ1n) is 6.68. The van der Waals surface area contributed by atoms with Gasteiger partial charge in [-0.3, -0.25) is 4.90 Å². The predicted octanol–water partition coefficient (Wildman–Crippen LogP) is 2.15. The van der Waals surface area contributed by atoms with Crippen LogP contribution < -0.4 is 5.32 Å². The summed E-state index contributed by atoms with van der Waals surface area (Å²) in [4.78, 5) is 2.48. The smallest absolute Gasteiger partial charge is 0.0638 e. The summed E-state index contributed by atoms with van der Waals surface area (Å²) in [5, 5.41) is 12.3. The summed E-state index contributed by atoms with van der Waals surface area (Å²) in [6.07, 6.45) is 1.74. The number of hydrogen-bond donors (Lipinski definition) is 1. The van der Waals surface area contributed by atoms with E-state index in [4.69, 9.17) is 5.26 Å². The van der Waals surface area contributed by atoms with Crippen LogP contribution in [0.5, 0.6) is 0 Å². The molecule has 1 aliphatic heterocycles. The van der Waals surface area contributed by atoms with Crippen molar-refractivity contribution in [3.8, 4) is 6.07 Å². The first-order valence-corrected chi connectivity index (χ1v) is 6.68. The van der Waals surface area contributed by atoms with Crippen molar-refractivity contribution in [3.05, 3.63) is 35.9 Å². The largest absolute Gasteiger partial charge is 0.312 e. The molecule has 1 saturated heterocycles. The van der Waals surface area contributed by atoms with Gasteiger partial charge in [-0.1, -0.05) is 30.3 Å². The van der Waals surface area contributed by atoms with Gasteiger partial charge in [0.05, 0.1) is 12.5 Å². The molecular formula is C15H21N3. The monoisotopic (exact) mass is 243 g/mol. The van der Waals surface area contributed by atoms with E-state index in [0.717, 1.165) is 26.1 Å². The molecule has 0 bridgehead atoms. The summed E-state index contributed by atoms with van der Waals surface area (Å²) in [6, 6.07) is 13.7. The molecule has 1 aromatic carbocycles. The van der Waals surface area contributed by atoms with Crippen LogP contribution in [0.25, 0.3) is 0 Å². The van der Waals surface area contributed by atoms with E-state index in [1.807, 2.05) is 0 Å². The topological polar surface area (TPSA) is 39.1 Å². The second-order valence-corrected chi connectivity index (χ2v) is 5.07. The molecule has 0 aliphatic carbocycles. The van der Waals surface area contributed by atoms with Gasteiger partial charge in [-0.15, -0.1) is 0 Å². The van der Waals surface area contributed by atoms with E-state index in [0.29, 0.717) is 18.5 Å². The van der Waals surface area contributed by atoms with Crippen molar-refractivity contribution in [3.63, 3.8) is 0 Å². The molecule has 0 radical (unpaired) electrons. The quantitative estimate of drug-likeness (QED) is 0.884. The van der Waals surface area contributed by atoms with Crippen LogP contribution in [0.4, 0.5) is 0 Å². The van der Waals surface area contributed by atoms with E-state index in [2.05, 4.69) is 53.5 Å². The minimum Gasteiger partial charge on any atom is -0.312 e. The maximum Gasteiger partial charge on any atom is 0.0638 e. The van der Waals surface area contributed by atoms with Gasteiger partial charge in [0, 0.05) is 25.2 Å². The molecule has 1 heterocycles. The van der Waals surface area contributed by atoms with Crippen molar-refractivity contribution >= 4 is 0 Å². The molecule has 1 N–H and O–H groups in total. The molecule has 1 fully saturated rings. The highest BCUT2D eigenvalue weighted by Crippen LogP contribution is 2.14. The number of rotatable bonds is 3. The summed E-state index contributed by atoms with van der Waals surface area (Å²) >= 11 is 0. The Morgan fingerprint density at radius 2 is 2.17 bits per heavy atom. The maximum absolute atomic E-state index is 8.84. The van der Waals surface area contributed by atoms with E-state index < -0.39 is 0 Å². The lowest BCUT2D eigenvalue weighted by Gasteiger charge is -2.28. The molecular weight excluding hydrogens is 222 g/mol. The van der Waals surface area contributed by atoms with Crippen LogP contribution in [0.3, 0.4) is 0 Å². The molecule has 96 valence electrons. The van der Waals surface area contributed by atoms with Crippen molar-refractivity contribution < 1.29 is 0 Å². The van der Waals surface area contributed by atoms with Crippen LogP contribution in [0.1, 0.15) is 25.3 Å². The second kappa shape index (κ2) is 6.53. The molecule has 1 aromatic rings. The molecule has 0 spiro atoms. The van der Waals surface area contributed by atoms with Crippen LogP contribution in [0.2, 0.25) is 0 Å². The van der Waals surface area contributed by atoms with Gasteiger partial charge in [-0.25, -0.2) is 0 Å². The van der Waals surface area contributed by atoms with Gasteiger partial charge in [0.15, 0.2) is 0 Å². The van der Waals surface area contributed by atoms with Gasteiger partial charge in [0.1, 0.15) is 0 Å². The van der Waals surface area contributed by atoms with Gasteiger partial charge in [0.25, 0.3) is 0 Å². The molecule has 3 nitrogen and oxygen atoms in total. The molecule has 18 heavy (non-hydrogen) atoms. The van der Waals surface area contributed by atoms with E-state index in [1.54, 1.807) is 0 Å². The summed E-state index contributed by atoms with van der Waals surface area (Å²) in [5.41, 5.74) is 1.35.